The number of hydrogen-bond acceptors (Lipinski definition) is 5. The summed E-state index contributed by atoms with van der Waals surface area (Å²) in [6.45, 7) is 4.51. The fraction of sp³-hybridized carbons (Fsp3) is 0.400. The Morgan fingerprint density at radius 3 is 2.56 bits per heavy atom. The molecule has 6 heteroatoms. The van der Waals surface area contributed by atoms with Gasteiger partial charge in [0, 0.05) is 11.4 Å². The van der Waals surface area contributed by atoms with Crippen LogP contribution < -0.4 is 5.32 Å². The van der Waals surface area contributed by atoms with Crippen LogP contribution in [-0.2, 0) is 6.54 Å². The van der Waals surface area contributed by atoms with Gasteiger partial charge in [0.25, 0.3) is 5.95 Å². The van der Waals surface area contributed by atoms with Crippen LogP contribution in [0.25, 0.3) is 5.95 Å². The van der Waals surface area contributed by atoms with Crippen molar-refractivity contribution in [2.45, 2.75) is 20.4 Å². The van der Waals surface area contributed by atoms with Crippen molar-refractivity contribution in [2.24, 2.45) is 0 Å². The number of hydrogen-bond donors (Lipinski definition) is 1. The molecule has 16 heavy (non-hydrogen) atoms. The first-order valence-electron chi connectivity index (χ1n) is 5.07. The second kappa shape index (κ2) is 4.36. The Bertz CT molecular complexity index is 470. The highest BCUT2D eigenvalue weighted by Gasteiger charge is 2.08. The normalized spacial score (nSPS) is 10.7. The predicted octanol–water partition coefficient (Wildman–Crippen LogP) is 0.394. The Kier molecular flexibility index (Phi) is 2.91. The van der Waals surface area contributed by atoms with E-state index in [9.17, 15) is 0 Å². The van der Waals surface area contributed by atoms with E-state index < -0.39 is 0 Å². The van der Waals surface area contributed by atoms with Crippen LogP contribution in [0.3, 0.4) is 0 Å². The molecule has 0 amide bonds. The summed E-state index contributed by atoms with van der Waals surface area (Å²) < 4.78 is 1.65. The summed E-state index contributed by atoms with van der Waals surface area (Å²) in [5.74, 6) is 1.37. The van der Waals surface area contributed by atoms with Crippen LogP contribution in [0.4, 0.5) is 0 Å². The van der Waals surface area contributed by atoms with Crippen molar-refractivity contribution in [2.75, 3.05) is 7.05 Å². The van der Waals surface area contributed by atoms with Crippen molar-refractivity contribution in [1.29, 1.82) is 0 Å². The maximum absolute atomic E-state index is 4.34. The number of nitrogens with one attached hydrogen (secondary N) is 1. The van der Waals surface area contributed by atoms with Crippen molar-refractivity contribution in [3.05, 3.63) is 29.6 Å². The fourth-order valence-corrected chi connectivity index (χ4v) is 1.51. The molecule has 2 aromatic rings. The molecule has 0 unspecified atom stereocenters. The molecule has 2 aromatic heterocycles. The first-order valence-corrected chi connectivity index (χ1v) is 5.07. The van der Waals surface area contributed by atoms with E-state index in [2.05, 4.69) is 25.4 Å². The fourth-order valence-electron chi connectivity index (χ4n) is 1.51. The maximum Gasteiger partial charge on any atom is 0.252 e. The van der Waals surface area contributed by atoms with Crippen LogP contribution >= 0.6 is 0 Å². The van der Waals surface area contributed by atoms with Gasteiger partial charge in [0.1, 0.15) is 12.2 Å². The van der Waals surface area contributed by atoms with Crippen molar-refractivity contribution >= 4 is 0 Å². The molecule has 0 bridgehead atoms. The van der Waals surface area contributed by atoms with E-state index >= 15 is 0 Å². The molecular formula is C10H14N6. The minimum absolute atomic E-state index is 0.570. The zero-order valence-corrected chi connectivity index (χ0v) is 9.60. The van der Waals surface area contributed by atoms with Gasteiger partial charge in [0.15, 0.2) is 0 Å². The van der Waals surface area contributed by atoms with Crippen molar-refractivity contribution in [3.8, 4) is 5.95 Å². The standard InChI is InChI=1S/C10H14N6/c1-7-4-8(2)15-10(14-7)16-9(5-11-3)12-6-13-16/h4,6,11H,5H2,1-3H3. The molecule has 0 fully saturated rings. The third-order valence-corrected chi connectivity index (χ3v) is 2.11. The molecule has 0 saturated carbocycles. The predicted molar refractivity (Wildman–Crippen MR) is 59.2 cm³/mol. The highest BCUT2D eigenvalue weighted by molar-refractivity contribution is 5.18. The molecule has 0 aliphatic rings. The molecule has 1 N–H and O–H groups in total. The van der Waals surface area contributed by atoms with Crippen molar-refractivity contribution in [1.82, 2.24) is 30.0 Å². The Morgan fingerprint density at radius 2 is 1.94 bits per heavy atom. The van der Waals surface area contributed by atoms with E-state index in [-0.39, 0.29) is 0 Å². The summed E-state index contributed by atoms with van der Waals surface area (Å²) in [6.07, 6.45) is 1.51. The van der Waals surface area contributed by atoms with Gasteiger partial charge in [0.2, 0.25) is 0 Å². The summed E-state index contributed by atoms with van der Waals surface area (Å²) in [6, 6.07) is 1.93. The molecule has 6 nitrogen and oxygen atoms in total. The molecule has 0 spiro atoms. The Labute approximate surface area is 93.8 Å². The van der Waals surface area contributed by atoms with Gasteiger partial charge >= 0.3 is 0 Å². The van der Waals surface area contributed by atoms with Gasteiger partial charge in [0.05, 0.1) is 6.54 Å². The zero-order valence-electron chi connectivity index (χ0n) is 9.60. The van der Waals surface area contributed by atoms with Crippen LogP contribution in [0.5, 0.6) is 0 Å². The minimum atomic E-state index is 0.570. The van der Waals surface area contributed by atoms with Crippen LogP contribution in [0.2, 0.25) is 0 Å². The van der Waals surface area contributed by atoms with Crippen molar-refractivity contribution in [3.63, 3.8) is 0 Å². The summed E-state index contributed by atoms with van der Waals surface area (Å²) in [7, 11) is 1.86. The summed E-state index contributed by atoms with van der Waals surface area (Å²) in [5, 5.41) is 7.16. The van der Waals surface area contributed by atoms with Gasteiger partial charge in [-0.3, -0.25) is 0 Å². The van der Waals surface area contributed by atoms with Gasteiger partial charge < -0.3 is 5.32 Å². The molecule has 0 aromatic carbocycles. The van der Waals surface area contributed by atoms with Gasteiger partial charge in [-0.15, -0.1) is 0 Å². The van der Waals surface area contributed by atoms with E-state index in [4.69, 9.17) is 0 Å². The van der Waals surface area contributed by atoms with Gasteiger partial charge in [-0.1, -0.05) is 0 Å². The lowest BCUT2D eigenvalue weighted by Gasteiger charge is -2.05. The second-order valence-corrected chi connectivity index (χ2v) is 3.57. The summed E-state index contributed by atoms with van der Waals surface area (Å²) in [4.78, 5) is 12.8. The number of aryl methyl sites for hydroxylation is 2. The molecule has 84 valence electrons. The first-order chi connectivity index (χ1) is 7.70. The molecule has 0 saturated heterocycles. The number of nitrogens with zero attached hydrogens (tertiary/aromatic N) is 5. The first kappa shape index (κ1) is 10.7. The molecule has 2 heterocycles. The largest absolute Gasteiger partial charge is 0.313 e. The highest BCUT2D eigenvalue weighted by Crippen LogP contribution is 2.05. The monoisotopic (exact) mass is 218 g/mol. The lowest BCUT2D eigenvalue weighted by molar-refractivity contribution is 0.686. The zero-order chi connectivity index (χ0) is 11.5. The Morgan fingerprint density at radius 1 is 1.25 bits per heavy atom. The summed E-state index contributed by atoms with van der Waals surface area (Å²) in [5.41, 5.74) is 1.85. The third-order valence-electron chi connectivity index (χ3n) is 2.11. The van der Waals surface area contributed by atoms with E-state index in [1.165, 1.54) is 6.33 Å². The smallest absolute Gasteiger partial charge is 0.252 e. The lowest BCUT2D eigenvalue weighted by atomic mass is 10.4. The Balaban J connectivity index is 2.45. The molecule has 0 aliphatic carbocycles. The molecule has 2 rings (SSSR count). The Hall–Kier alpha value is -1.82. The van der Waals surface area contributed by atoms with Gasteiger partial charge in [-0.05, 0) is 27.0 Å². The average molecular weight is 218 g/mol. The van der Waals surface area contributed by atoms with Crippen LogP contribution in [0.1, 0.15) is 17.2 Å². The molecule has 0 atom stereocenters. The van der Waals surface area contributed by atoms with E-state index in [1.807, 2.05) is 27.0 Å². The topological polar surface area (TPSA) is 68.5 Å². The molecule has 0 radical (unpaired) electrons. The van der Waals surface area contributed by atoms with Crippen molar-refractivity contribution < 1.29 is 0 Å². The lowest BCUT2D eigenvalue weighted by Crippen LogP contribution is -2.14. The minimum Gasteiger partial charge on any atom is -0.313 e. The quantitative estimate of drug-likeness (QED) is 0.807. The molecule has 0 aliphatic heterocycles. The van der Waals surface area contributed by atoms with Crippen LogP contribution in [-0.4, -0.2) is 31.8 Å². The number of rotatable bonds is 3. The highest BCUT2D eigenvalue weighted by atomic mass is 15.4. The van der Waals surface area contributed by atoms with Gasteiger partial charge in [-0.25, -0.2) is 15.0 Å². The van der Waals surface area contributed by atoms with Gasteiger partial charge in [-0.2, -0.15) is 9.78 Å². The van der Waals surface area contributed by atoms with Crippen LogP contribution in [0, 0.1) is 13.8 Å². The maximum atomic E-state index is 4.34. The van der Waals surface area contributed by atoms with E-state index in [1.54, 1.807) is 4.68 Å². The van der Waals surface area contributed by atoms with E-state index in [0.29, 0.717) is 12.5 Å². The third kappa shape index (κ3) is 2.06. The second-order valence-electron chi connectivity index (χ2n) is 3.57. The average Bonchev–Trinajstić information content (AvgIpc) is 2.65. The molecular weight excluding hydrogens is 204 g/mol. The van der Waals surface area contributed by atoms with E-state index in [0.717, 1.165) is 17.2 Å². The summed E-state index contributed by atoms with van der Waals surface area (Å²) >= 11 is 0. The SMILES string of the molecule is CNCc1ncnn1-c1nc(C)cc(C)n1. The number of aromatic nitrogens is 5. The van der Waals surface area contributed by atoms with Crippen LogP contribution in [0.15, 0.2) is 12.4 Å².